The first-order chi connectivity index (χ1) is 11.8. The van der Waals surface area contributed by atoms with Crippen LogP contribution in [-0.2, 0) is 0 Å². The number of nitrogens with zero attached hydrogens (tertiary/aromatic N) is 3. The van der Waals surface area contributed by atoms with Gasteiger partial charge in [-0.1, -0.05) is 20.8 Å². The van der Waals surface area contributed by atoms with E-state index < -0.39 is 43.6 Å². The van der Waals surface area contributed by atoms with Crippen LogP contribution < -0.4 is 15.0 Å². The maximum absolute atomic E-state index is 13.0. The summed E-state index contributed by atoms with van der Waals surface area (Å²) < 4.78 is 67.9. The van der Waals surface area contributed by atoms with Gasteiger partial charge in [0.2, 0.25) is 0 Å². The van der Waals surface area contributed by atoms with Crippen LogP contribution in [0.1, 0.15) is 31.3 Å². The number of hydrogen-bond donors (Lipinski definition) is 1. The van der Waals surface area contributed by atoms with Crippen molar-refractivity contribution in [1.82, 2.24) is 15.3 Å². The normalized spacial score (nSPS) is 16.8. The number of alkyl halides is 5. The molecule has 1 aromatic heterocycles. The molecular formula is C15H19F5N4O2. The molecule has 0 aromatic carbocycles. The van der Waals surface area contributed by atoms with Gasteiger partial charge in [-0.25, -0.2) is 18.7 Å². The maximum Gasteiger partial charge on any atom is 0.422 e. The molecule has 1 aliphatic heterocycles. The van der Waals surface area contributed by atoms with E-state index in [0.29, 0.717) is 6.54 Å². The van der Waals surface area contributed by atoms with Gasteiger partial charge in [0, 0.05) is 6.54 Å². The summed E-state index contributed by atoms with van der Waals surface area (Å²) in [7, 11) is 0. The molecule has 2 heterocycles. The minimum Gasteiger partial charge on any atom is -0.465 e. The van der Waals surface area contributed by atoms with E-state index in [2.05, 4.69) is 20.0 Å². The van der Waals surface area contributed by atoms with E-state index in [1.54, 1.807) is 0 Å². The highest BCUT2D eigenvalue weighted by Gasteiger charge is 2.46. The summed E-state index contributed by atoms with van der Waals surface area (Å²) in [6, 6.07) is 0. The third-order valence-corrected chi connectivity index (χ3v) is 3.25. The Bertz CT molecular complexity index is 665. The largest absolute Gasteiger partial charge is 0.465 e. The molecule has 0 bridgehead atoms. The Morgan fingerprint density at radius 3 is 2.42 bits per heavy atom. The number of rotatable bonds is 5. The monoisotopic (exact) mass is 382 g/mol. The van der Waals surface area contributed by atoms with Crippen LogP contribution in [0.5, 0.6) is 5.88 Å². The number of anilines is 1. The van der Waals surface area contributed by atoms with Gasteiger partial charge < -0.3 is 15.0 Å². The molecule has 6 nitrogen and oxygen atoms in total. The molecule has 0 aliphatic carbocycles. The Morgan fingerprint density at radius 1 is 1.31 bits per heavy atom. The van der Waals surface area contributed by atoms with Crippen LogP contribution in [-0.4, -0.2) is 54.2 Å². The first kappa shape index (κ1) is 20.1. The number of halogens is 5. The summed E-state index contributed by atoms with van der Waals surface area (Å²) in [6.07, 6.45) is -3.63. The quantitative estimate of drug-likeness (QED) is 0.793. The molecule has 11 heteroatoms. The molecule has 1 fully saturated rings. The van der Waals surface area contributed by atoms with Crippen LogP contribution in [0.4, 0.5) is 27.8 Å². The third-order valence-electron chi connectivity index (χ3n) is 3.25. The highest BCUT2D eigenvalue weighted by Crippen LogP contribution is 2.35. The number of carbonyl (C=O) groups excluding carboxylic acids is 1. The fourth-order valence-corrected chi connectivity index (χ4v) is 2.04. The molecule has 0 radical (unpaired) electrons. The minimum absolute atomic E-state index is 0.220. The van der Waals surface area contributed by atoms with E-state index >= 15 is 0 Å². The Balaban J connectivity index is 2.20. The summed E-state index contributed by atoms with van der Waals surface area (Å²) in [6.45, 7) is 2.84. The van der Waals surface area contributed by atoms with Gasteiger partial charge >= 0.3 is 6.18 Å². The van der Waals surface area contributed by atoms with E-state index in [1.165, 1.54) is 0 Å². The summed E-state index contributed by atoms with van der Waals surface area (Å²) in [4.78, 5) is 20.7. The average molecular weight is 382 g/mol. The van der Waals surface area contributed by atoms with Crippen molar-refractivity contribution < 1.29 is 31.5 Å². The molecule has 146 valence electrons. The molecule has 1 N–H and O–H groups in total. The van der Waals surface area contributed by atoms with Crippen LogP contribution >= 0.6 is 0 Å². The number of aromatic nitrogens is 2. The van der Waals surface area contributed by atoms with Gasteiger partial charge in [0.15, 0.2) is 18.1 Å². The molecule has 1 amide bonds. The van der Waals surface area contributed by atoms with Crippen molar-refractivity contribution in [3.8, 4) is 5.88 Å². The minimum atomic E-state index is -4.65. The molecule has 2 rings (SSSR count). The lowest BCUT2D eigenvalue weighted by atomic mass is 9.97. The average Bonchev–Trinajstić information content (AvgIpc) is 2.46. The number of ether oxygens (including phenoxy) is 1. The third kappa shape index (κ3) is 5.67. The zero-order valence-electron chi connectivity index (χ0n) is 14.5. The highest BCUT2D eigenvalue weighted by molar-refractivity contribution is 5.92. The summed E-state index contributed by atoms with van der Waals surface area (Å²) >= 11 is 0. The van der Waals surface area contributed by atoms with E-state index in [4.69, 9.17) is 0 Å². The highest BCUT2D eigenvalue weighted by atomic mass is 19.4. The van der Waals surface area contributed by atoms with Gasteiger partial charge in [-0.3, -0.25) is 4.79 Å². The van der Waals surface area contributed by atoms with Crippen molar-refractivity contribution in [3.63, 3.8) is 0 Å². The molecule has 0 atom stereocenters. The number of amides is 1. The SMILES string of the molecule is CC(C)(C)CNC(=O)c1cnc(N2CC(F)(F)C2)c(OCC(F)(F)F)n1. The van der Waals surface area contributed by atoms with Crippen molar-refractivity contribution in [3.05, 3.63) is 11.9 Å². The fourth-order valence-electron chi connectivity index (χ4n) is 2.04. The second-order valence-corrected chi connectivity index (χ2v) is 7.24. The van der Waals surface area contributed by atoms with Gasteiger partial charge in [-0.15, -0.1) is 0 Å². The van der Waals surface area contributed by atoms with E-state index in [-0.39, 0.29) is 16.9 Å². The van der Waals surface area contributed by atoms with Crippen LogP contribution in [0.25, 0.3) is 0 Å². The Kier molecular flexibility index (Phi) is 5.29. The second kappa shape index (κ2) is 6.84. The molecule has 0 unspecified atom stereocenters. The molecule has 0 spiro atoms. The zero-order chi connectivity index (χ0) is 19.8. The second-order valence-electron chi connectivity index (χ2n) is 7.24. The first-order valence-electron chi connectivity index (χ1n) is 7.73. The lowest BCUT2D eigenvalue weighted by molar-refractivity contribution is -0.154. The summed E-state index contributed by atoms with van der Waals surface area (Å²) in [5.74, 6) is -4.47. The van der Waals surface area contributed by atoms with Crippen LogP contribution in [0, 0.1) is 5.41 Å². The number of nitrogens with one attached hydrogen (secondary N) is 1. The molecule has 1 aromatic rings. The Labute approximate surface area is 146 Å². The predicted molar refractivity (Wildman–Crippen MR) is 82.5 cm³/mol. The smallest absolute Gasteiger partial charge is 0.422 e. The maximum atomic E-state index is 13.0. The topological polar surface area (TPSA) is 67.4 Å². The van der Waals surface area contributed by atoms with E-state index in [0.717, 1.165) is 11.1 Å². The molecule has 0 saturated carbocycles. The van der Waals surface area contributed by atoms with Crippen molar-refractivity contribution in [2.24, 2.45) is 5.41 Å². The summed E-state index contributed by atoms with van der Waals surface area (Å²) in [5, 5.41) is 2.58. The molecule has 1 aliphatic rings. The predicted octanol–water partition coefficient (Wildman–Crippen LogP) is 2.65. The number of carbonyl (C=O) groups is 1. The van der Waals surface area contributed by atoms with Crippen molar-refractivity contribution >= 4 is 11.7 Å². The van der Waals surface area contributed by atoms with Crippen molar-refractivity contribution in [1.29, 1.82) is 0 Å². The first-order valence-corrected chi connectivity index (χ1v) is 7.73. The van der Waals surface area contributed by atoms with Gasteiger partial charge in [0.1, 0.15) is 0 Å². The standard InChI is InChI=1S/C15H19F5N4O2/c1-13(2,3)5-22-11(25)9-4-21-10(24-6-14(16,17)7-24)12(23-9)26-8-15(18,19)20/h4H,5-8H2,1-3H3,(H,22,25). The molecular weight excluding hydrogens is 363 g/mol. The molecule has 1 saturated heterocycles. The van der Waals surface area contributed by atoms with Crippen LogP contribution in [0.2, 0.25) is 0 Å². The lowest BCUT2D eigenvalue weighted by Gasteiger charge is -2.39. The zero-order valence-corrected chi connectivity index (χ0v) is 14.5. The van der Waals surface area contributed by atoms with Gasteiger partial charge in [-0.05, 0) is 5.41 Å². The Morgan fingerprint density at radius 2 is 1.92 bits per heavy atom. The fraction of sp³-hybridized carbons (Fsp3) is 0.667. The van der Waals surface area contributed by atoms with Crippen molar-refractivity contribution in [2.45, 2.75) is 32.9 Å². The van der Waals surface area contributed by atoms with Gasteiger partial charge in [0.05, 0.1) is 19.3 Å². The van der Waals surface area contributed by atoms with Crippen molar-refractivity contribution in [2.75, 3.05) is 31.1 Å². The number of hydrogen-bond acceptors (Lipinski definition) is 5. The van der Waals surface area contributed by atoms with Crippen LogP contribution in [0.15, 0.2) is 6.20 Å². The van der Waals surface area contributed by atoms with Gasteiger partial charge in [0.25, 0.3) is 17.7 Å². The van der Waals surface area contributed by atoms with Crippen LogP contribution in [0.3, 0.4) is 0 Å². The molecule has 26 heavy (non-hydrogen) atoms. The van der Waals surface area contributed by atoms with Gasteiger partial charge in [-0.2, -0.15) is 13.2 Å². The van der Waals surface area contributed by atoms with E-state index in [9.17, 15) is 26.7 Å². The summed E-state index contributed by atoms with van der Waals surface area (Å²) in [5.41, 5.74) is -0.482. The Hall–Kier alpha value is -2.20. The lowest BCUT2D eigenvalue weighted by Crippen LogP contribution is -2.56. The van der Waals surface area contributed by atoms with E-state index in [1.807, 2.05) is 20.8 Å².